The molecule has 0 saturated heterocycles. The molecule has 2 unspecified atom stereocenters. The van der Waals surface area contributed by atoms with Crippen molar-refractivity contribution < 1.29 is 38.0 Å². The van der Waals surface area contributed by atoms with E-state index in [0.29, 0.717) is 45.6 Å². The van der Waals surface area contributed by atoms with Gasteiger partial charge in [0.1, 0.15) is 34.5 Å². The number of rotatable bonds is 14. The Balaban J connectivity index is 1.51. The van der Waals surface area contributed by atoms with Gasteiger partial charge in [0, 0.05) is 20.3 Å². The first-order chi connectivity index (χ1) is 25.6. The van der Waals surface area contributed by atoms with E-state index in [9.17, 15) is 10.2 Å². The monoisotopic (exact) mass is 753 g/mol. The number of aliphatic hydroxyl groups excluding tert-OH is 2. The number of para-hydroxylation sites is 6. The third kappa shape index (κ3) is 8.39. The maximum atomic E-state index is 10.4. The van der Waals surface area contributed by atoms with Crippen LogP contribution in [0.15, 0.2) is 174 Å². The highest BCUT2D eigenvalue weighted by Gasteiger charge is 2.58. The van der Waals surface area contributed by atoms with Crippen molar-refractivity contribution in [3.05, 3.63) is 181 Å². The summed E-state index contributed by atoms with van der Waals surface area (Å²) in [4.78, 5) is 13.4. The summed E-state index contributed by atoms with van der Waals surface area (Å²) in [5.74, 6) is 2.53. The van der Waals surface area contributed by atoms with Crippen molar-refractivity contribution in [2.24, 2.45) is 4.52 Å². The Morgan fingerprint density at radius 3 is 1.37 bits per heavy atom. The minimum Gasteiger partial charge on any atom is -0.440 e. The van der Waals surface area contributed by atoms with Crippen molar-refractivity contribution >= 4 is 24.6 Å². The molecule has 0 aromatic heterocycles. The first-order valence-electron chi connectivity index (χ1n) is 16.2. The van der Waals surface area contributed by atoms with E-state index in [1.807, 2.05) is 109 Å². The third-order valence-corrected chi connectivity index (χ3v) is 14.1. The largest absolute Gasteiger partial charge is 0.447 e. The van der Waals surface area contributed by atoms with E-state index in [4.69, 9.17) is 32.3 Å². The van der Waals surface area contributed by atoms with Crippen molar-refractivity contribution in [1.29, 1.82) is 0 Å². The summed E-state index contributed by atoms with van der Waals surface area (Å²) in [5, 5.41) is 20.8. The van der Waals surface area contributed by atoms with Gasteiger partial charge in [0.05, 0.1) is 13.2 Å². The SMILES string of the molecule is OCc1ccccc1OP1(Oc2ccccc2CO)=NP(Oc2ccccc2)N(Oc2ccccc2)P(Oc2ccccc2)N1Oc1ccccc1. The summed E-state index contributed by atoms with van der Waals surface area (Å²) in [6.07, 6.45) is 0. The molecule has 6 aromatic carbocycles. The Morgan fingerprint density at radius 1 is 0.481 bits per heavy atom. The summed E-state index contributed by atoms with van der Waals surface area (Å²) in [5.41, 5.74) is 0.973. The summed E-state index contributed by atoms with van der Waals surface area (Å²) >= 11 is 0. The van der Waals surface area contributed by atoms with E-state index >= 15 is 0 Å². The summed E-state index contributed by atoms with van der Waals surface area (Å²) < 4.78 is 35.7. The summed E-state index contributed by atoms with van der Waals surface area (Å²) in [7, 11) is -8.46. The minimum atomic E-state index is -4.02. The molecule has 0 spiro atoms. The fourth-order valence-corrected chi connectivity index (χ4v) is 12.4. The molecule has 2 N–H and O–H groups in total. The first-order valence-corrected chi connectivity index (χ1v) is 20.0. The second-order valence-electron chi connectivity index (χ2n) is 10.9. The van der Waals surface area contributed by atoms with Crippen LogP contribution in [0.1, 0.15) is 11.1 Å². The molecule has 0 amide bonds. The molecule has 264 valence electrons. The molecule has 0 bridgehead atoms. The Kier molecular flexibility index (Phi) is 11.6. The molecule has 0 radical (unpaired) electrons. The maximum absolute atomic E-state index is 10.4. The van der Waals surface area contributed by atoms with Crippen LogP contribution >= 0.6 is 24.6 Å². The first kappa shape index (κ1) is 35.5. The van der Waals surface area contributed by atoms with Crippen LogP contribution in [0.25, 0.3) is 0 Å². The average Bonchev–Trinajstić information content (AvgIpc) is 3.19. The third-order valence-electron chi connectivity index (χ3n) is 7.29. The predicted molar refractivity (Wildman–Crippen MR) is 201 cm³/mol. The van der Waals surface area contributed by atoms with Crippen molar-refractivity contribution in [2.45, 2.75) is 13.2 Å². The van der Waals surface area contributed by atoms with Crippen molar-refractivity contribution in [2.75, 3.05) is 0 Å². The number of aliphatic hydroxyl groups is 2. The maximum Gasteiger partial charge on any atom is 0.447 e. The van der Waals surface area contributed by atoms with Gasteiger partial charge in [-0.15, -0.1) is 4.52 Å². The van der Waals surface area contributed by atoms with Crippen LogP contribution in [0.4, 0.5) is 0 Å². The van der Waals surface area contributed by atoms with Crippen LogP contribution in [0, 0.1) is 0 Å². The van der Waals surface area contributed by atoms with E-state index in [1.54, 1.807) is 65.3 Å². The molecular weight excluding hydrogens is 719 g/mol. The molecule has 1 heterocycles. The van der Waals surface area contributed by atoms with Crippen LogP contribution in [0.3, 0.4) is 0 Å². The molecule has 1 aliphatic rings. The Labute approximate surface area is 304 Å². The van der Waals surface area contributed by atoms with Gasteiger partial charge in [0.25, 0.3) is 0 Å². The zero-order valence-corrected chi connectivity index (χ0v) is 30.3. The molecule has 6 aromatic rings. The average molecular weight is 754 g/mol. The Morgan fingerprint density at radius 2 is 0.885 bits per heavy atom. The highest BCUT2D eigenvalue weighted by atomic mass is 31.3. The zero-order valence-electron chi connectivity index (χ0n) is 27.6. The van der Waals surface area contributed by atoms with Crippen molar-refractivity contribution in [3.8, 4) is 34.5 Å². The van der Waals surface area contributed by atoms with E-state index in [1.165, 1.54) is 4.60 Å². The summed E-state index contributed by atoms with van der Waals surface area (Å²) in [6, 6.07) is 50.9. The fraction of sp³-hybridized carbons (Fsp3) is 0.0526. The lowest BCUT2D eigenvalue weighted by Crippen LogP contribution is -2.37. The van der Waals surface area contributed by atoms with Gasteiger partial charge >= 0.3 is 24.6 Å². The summed E-state index contributed by atoms with van der Waals surface area (Å²) in [6.45, 7) is -0.645. The molecule has 0 fully saturated rings. The number of hydrogen-bond acceptors (Lipinski definition) is 11. The van der Waals surface area contributed by atoms with Gasteiger partial charge in [-0.3, -0.25) is 0 Å². The standard InChI is InChI=1S/C38H34N3O8P3/c42-29-31-17-13-15-27-37(31)48-52(49-38-28-16-14-18-32(38)30-43)39-50(46-35-23-9-3-10-24-35)40(44-33-19-5-1-6-20-33)51(47-36-25-11-4-12-26-36)41(52)45-34-21-7-2-8-22-34/h1-28,42-43H,29-30H2. The zero-order chi connectivity index (χ0) is 35.6. The second kappa shape index (κ2) is 17.0. The van der Waals surface area contributed by atoms with Crippen molar-refractivity contribution in [1.82, 2.24) is 9.21 Å². The van der Waals surface area contributed by atoms with Crippen LogP contribution in [-0.2, 0) is 13.2 Å². The fourth-order valence-electron chi connectivity index (χ4n) is 4.80. The van der Waals surface area contributed by atoms with Crippen LogP contribution in [0.2, 0.25) is 0 Å². The number of hydrogen-bond donors (Lipinski definition) is 2. The topological polar surface area (TPSA) is 115 Å². The molecule has 0 saturated carbocycles. The van der Waals surface area contributed by atoms with Gasteiger partial charge < -0.3 is 38.0 Å². The lowest BCUT2D eigenvalue weighted by molar-refractivity contribution is 0.0543. The molecule has 2 atom stereocenters. The minimum absolute atomic E-state index is 0.298. The van der Waals surface area contributed by atoms with Gasteiger partial charge in [-0.1, -0.05) is 109 Å². The van der Waals surface area contributed by atoms with E-state index in [0.717, 1.165) is 0 Å². The van der Waals surface area contributed by atoms with E-state index in [-0.39, 0.29) is 13.2 Å². The molecule has 0 aliphatic carbocycles. The molecule has 14 heteroatoms. The highest BCUT2D eigenvalue weighted by molar-refractivity contribution is 7.78. The Bertz CT molecular complexity index is 2030. The van der Waals surface area contributed by atoms with Gasteiger partial charge in [0.15, 0.2) is 0 Å². The van der Waals surface area contributed by atoms with Gasteiger partial charge in [-0.25, -0.2) is 0 Å². The van der Waals surface area contributed by atoms with Crippen molar-refractivity contribution in [3.63, 3.8) is 0 Å². The van der Waals surface area contributed by atoms with E-state index in [2.05, 4.69) is 0 Å². The number of nitrogens with zero attached hydrogens (tertiary/aromatic N) is 3. The molecule has 11 nitrogen and oxygen atoms in total. The van der Waals surface area contributed by atoms with Crippen LogP contribution in [-0.4, -0.2) is 19.4 Å². The van der Waals surface area contributed by atoms with Gasteiger partial charge in [0.2, 0.25) is 0 Å². The molecular formula is C38H34N3O8P3. The lowest BCUT2D eigenvalue weighted by atomic mass is 10.2. The van der Waals surface area contributed by atoms with Gasteiger partial charge in [-0.2, -0.15) is 0 Å². The second-order valence-corrected chi connectivity index (χ2v) is 16.4. The normalized spacial score (nSPS) is 17.0. The predicted octanol–water partition coefficient (Wildman–Crippen LogP) is 10.3. The van der Waals surface area contributed by atoms with Gasteiger partial charge in [-0.05, 0) is 60.7 Å². The quantitative estimate of drug-likeness (QED) is 0.104. The smallest absolute Gasteiger partial charge is 0.440 e. The van der Waals surface area contributed by atoms with Crippen LogP contribution in [0.5, 0.6) is 34.5 Å². The lowest BCUT2D eigenvalue weighted by Gasteiger charge is -2.44. The van der Waals surface area contributed by atoms with E-state index < -0.39 is 24.6 Å². The van der Waals surface area contributed by atoms with Crippen LogP contribution < -0.4 is 27.8 Å². The molecule has 52 heavy (non-hydrogen) atoms. The highest BCUT2D eigenvalue weighted by Crippen LogP contribution is 2.78. The number of benzene rings is 6. The Hall–Kier alpha value is -4.95. The molecule has 1 aliphatic heterocycles. The molecule has 7 rings (SSSR count).